The van der Waals surface area contributed by atoms with E-state index in [4.69, 9.17) is 0 Å². The molecule has 2 fully saturated rings. The van der Waals surface area contributed by atoms with Crippen LogP contribution >= 0.6 is 0 Å². The Kier molecular flexibility index (Phi) is 3.09. The van der Waals surface area contributed by atoms with Crippen molar-refractivity contribution in [2.45, 2.75) is 77.0 Å². The average molecular weight is 210 g/mol. The minimum atomic E-state index is 0.330. The number of nitrogens with zero attached hydrogens (tertiary/aromatic N) is 1. The van der Waals surface area contributed by atoms with Gasteiger partial charge in [0.1, 0.15) is 0 Å². The Balaban J connectivity index is 2.03. The van der Waals surface area contributed by atoms with Crippen molar-refractivity contribution < 1.29 is 0 Å². The van der Waals surface area contributed by atoms with E-state index in [-0.39, 0.29) is 0 Å². The number of rotatable bonds is 2. The van der Waals surface area contributed by atoms with Gasteiger partial charge in [-0.3, -0.25) is 4.90 Å². The molecule has 15 heavy (non-hydrogen) atoms. The number of fused-ring (bicyclic) bond motifs is 2. The normalized spacial score (nSPS) is 36.2. The molecule has 2 rings (SSSR count). The molecule has 88 valence electrons. The highest BCUT2D eigenvalue weighted by molar-refractivity contribution is 4.97. The summed E-state index contributed by atoms with van der Waals surface area (Å²) in [7, 11) is 0. The average Bonchev–Trinajstić information content (AvgIpc) is 2.44. The van der Waals surface area contributed by atoms with Crippen LogP contribution in [0.15, 0.2) is 0 Å². The molecule has 0 radical (unpaired) electrons. The van der Waals surface area contributed by atoms with Gasteiger partial charge in [-0.25, -0.2) is 0 Å². The van der Waals surface area contributed by atoms with Crippen LogP contribution in [0, 0.1) is 0 Å². The first kappa shape index (κ1) is 11.4. The first-order chi connectivity index (χ1) is 7.00. The summed E-state index contributed by atoms with van der Waals surface area (Å²) in [6.45, 7) is 10.5. The van der Waals surface area contributed by atoms with Crippen molar-refractivity contribution in [2.24, 2.45) is 0 Å². The summed E-state index contributed by atoms with van der Waals surface area (Å²) in [4.78, 5) is 2.69. The largest absolute Gasteiger partial charge is 0.311 e. The van der Waals surface area contributed by atoms with Gasteiger partial charge in [0.05, 0.1) is 0 Å². The second-order valence-corrected chi connectivity index (χ2v) is 6.22. The van der Waals surface area contributed by atoms with Crippen molar-refractivity contribution in [1.82, 2.24) is 10.2 Å². The van der Waals surface area contributed by atoms with Crippen molar-refractivity contribution in [3.63, 3.8) is 0 Å². The third kappa shape index (κ3) is 2.36. The fourth-order valence-corrected chi connectivity index (χ4v) is 3.56. The molecule has 0 aromatic rings. The molecule has 2 bridgehead atoms. The van der Waals surface area contributed by atoms with Gasteiger partial charge in [0.15, 0.2) is 0 Å². The van der Waals surface area contributed by atoms with Crippen LogP contribution in [-0.4, -0.2) is 35.1 Å². The quantitative estimate of drug-likeness (QED) is 0.753. The highest BCUT2D eigenvalue weighted by atomic mass is 15.2. The predicted molar refractivity (Wildman–Crippen MR) is 65.1 cm³/mol. The van der Waals surface area contributed by atoms with Gasteiger partial charge in [0.25, 0.3) is 0 Å². The van der Waals surface area contributed by atoms with E-state index in [0.717, 1.165) is 18.1 Å². The lowest BCUT2D eigenvalue weighted by atomic mass is 9.93. The number of nitrogens with one attached hydrogen (secondary N) is 1. The summed E-state index contributed by atoms with van der Waals surface area (Å²) < 4.78 is 0. The molecule has 1 N–H and O–H groups in total. The first-order valence-electron chi connectivity index (χ1n) is 6.53. The number of hydrogen-bond donors (Lipinski definition) is 1. The lowest BCUT2D eigenvalue weighted by molar-refractivity contribution is 0.0589. The lowest BCUT2D eigenvalue weighted by Crippen LogP contribution is -2.54. The fourth-order valence-electron chi connectivity index (χ4n) is 3.56. The molecule has 2 saturated heterocycles. The molecule has 2 aliphatic heterocycles. The molecule has 0 aliphatic carbocycles. The van der Waals surface area contributed by atoms with Gasteiger partial charge < -0.3 is 5.32 Å². The SMILES string of the molecule is CCN(C1CC2CCC(C1)N2)C(C)(C)C. The monoisotopic (exact) mass is 210 g/mol. The Morgan fingerprint density at radius 3 is 2.07 bits per heavy atom. The summed E-state index contributed by atoms with van der Waals surface area (Å²) >= 11 is 0. The van der Waals surface area contributed by atoms with Crippen molar-refractivity contribution in [1.29, 1.82) is 0 Å². The minimum Gasteiger partial charge on any atom is -0.311 e. The van der Waals surface area contributed by atoms with Crippen molar-refractivity contribution >= 4 is 0 Å². The summed E-state index contributed by atoms with van der Waals surface area (Å²) in [5.41, 5.74) is 0.330. The molecular weight excluding hydrogens is 184 g/mol. The number of hydrogen-bond acceptors (Lipinski definition) is 2. The predicted octanol–water partition coefficient (Wildman–Crippen LogP) is 2.39. The van der Waals surface area contributed by atoms with E-state index in [1.54, 1.807) is 0 Å². The molecule has 0 aromatic carbocycles. The Hall–Kier alpha value is -0.0800. The summed E-state index contributed by atoms with van der Waals surface area (Å²) in [6, 6.07) is 2.43. The van der Waals surface area contributed by atoms with Crippen molar-refractivity contribution in [2.75, 3.05) is 6.54 Å². The van der Waals surface area contributed by atoms with E-state index in [9.17, 15) is 0 Å². The van der Waals surface area contributed by atoms with E-state index in [1.807, 2.05) is 0 Å². The van der Waals surface area contributed by atoms with Crippen LogP contribution in [0.25, 0.3) is 0 Å². The Morgan fingerprint density at radius 1 is 1.13 bits per heavy atom. The van der Waals surface area contributed by atoms with Crippen LogP contribution in [0.5, 0.6) is 0 Å². The van der Waals surface area contributed by atoms with Gasteiger partial charge in [-0.1, -0.05) is 6.92 Å². The van der Waals surface area contributed by atoms with E-state index in [0.29, 0.717) is 5.54 Å². The van der Waals surface area contributed by atoms with Gasteiger partial charge in [0, 0.05) is 23.7 Å². The molecule has 2 heteroatoms. The molecule has 0 spiro atoms. The third-order valence-electron chi connectivity index (χ3n) is 4.09. The van der Waals surface area contributed by atoms with Gasteiger partial charge in [-0.05, 0) is 53.0 Å². The van der Waals surface area contributed by atoms with E-state index in [2.05, 4.69) is 37.9 Å². The zero-order chi connectivity index (χ0) is 11.1. The summed E-state index contributed by atoms with van der Waals surface area (Å²) in [5.74, 6) is 0. The molecule has 0 amide bonds. The minimum absolute atomic E-state index is 0.330. The lowest BCUT2D eigenvalue weighted by Gasteiger charge is -2.44. The van der Waals surface area contributed by atoms with Gasteiger partial charge in [-0.15, -0.1) is 0 Å². The topological polar surface area (TPSA) is 15.3 Å². The zero-order valence-electron chi connectivity index (χ0n) is 10.7. The van der Waals surface area contributed by atoms with Crippen LogP contribution in [0.1, 0.15) is 53.4 Å². The summed E-state index contributed by atoms with van der Waals surface area (Å²) in [6.07, 6.45) is 5.54. The smallest absolute Gasteiger partial charge is 0.0130 e. The summed E-state index contributed by atoms with van der Waals surface area (Å²) in [5, 5.41) is 3.72. The molecule has 2 heterocycles. The van der Waals surface area contributed by atoms with E-state index < -0.39 is 0 Å². The van der Waals surface area contributed by atoms with Crippen molar-refractivity contribution in [3.8, 4) is 0 Å². The van der Waals surface area contributed by atoms with Gasteiger partial charge in [0.2, 0.25) is 0 Å². The van der Waals surface area contributed by atoms with E-state index in [1.165, 1.54) is 32.2 Å². The number of piperidine rings is 1. The zero-order valence-corrected chi connectivity index (χ0v) is 10.7. The van der Waals surface area contributed by atoms with E-state index >= 15 is 0 Å². The maximum Gasteiger partial charge on any atom is 0.0130 e. The highest BCUT2D eigenvalue weighted by Gasteiger charge is 2.38. The van der Waals surface area contributed by atoms with Crippen molar-refractivity contribution in [3.05, 3.63) is 0 Å². The second-order valence-electron chi connectivity index (χ2n) is 6.22. The Labute approximate surface area is 94.4 Å². The standard InChI is InChI=1S/C13H26N2/c1-5-15(13(2,3)4)12-8-10-6-7-11(9-12)14-10/h10-12,14H,5-9H2,1-4H3. The van der Waals surface area contributed by atoms with Gasteiger partial charge in [-0.2, -0.15) is 0 Å². The second kappa shape index (κ2) is 4.06. The first-order valence-corrected chi connectivity index (χ1v) is 6.53. The molecule has 2 nitrogen and oxygen atoms in total. The van der Waals surface area contributed by atoms with Crippen LogP contribution in [-0.2, 0) is 0 Å². The maximum atomic E-state index is 3.72. The van der Waals surface area contributed by atoms with Crippen LogP contribution in [0.2, 0.25) is 0 Å². The highest BCUT2D eigenvalue weighted by Crippen LogP contribution is 2.32. The molecule has 2 unspecified atom stereocenters. The van der Waals surface area contributed by atoms with Crippen LogP contribution < -0.4 is 5.32 Å². The van der Waals surface area contributed by atoms with Gasteiger partial charge >= 0.3 is 0 Å². The van der Waals surface area contributed by atoms with Crippen LogP contribution in [0.4, 0.5) is 0 Å². The molecular formula is C13H26N2. The Bertz CT molecular complexity index is 207. The molecule has 0 aromatic heterocycles. The third-order valence-corrected chi connectivity index (χ3v) is 4.09. The molecule has 0 saturated carbocycles. The van der Waals surface area contributed by atoms with Crippen LogP contribution in [0.3, 0.4) is 0 Å². The maximum absolute atomic E-state index is 3.72. The molecule has 2 atom stereocenters. The Morgan fingerprint density at radius 2 is 1.67 bits per heavy atom. The fraction of sp³-hybridized carbons (Fsp3) is 1.00. The molecule has 2 aliphatic rings.